The molecule has 5 rings (SSSR count). The van der Waals surface area contributed by atoms with Gasteiger partial charge in [0.1, 0.15) is 5.75 Å². The van der Waals surface area contributed by atoms with Gasteiger partial charge < -0.3 is 14.2 Å². The van der Waals surface area contributed by atoms with E-state index in [1.54, 1.807) is 24.5 Å². The lowest BCUT2D eigenvalue weighted by Gasteiger charge is -2.38. The van der Waals surface area contributed by atoms with Gasteiger partial charge >= 0.3 is 5.97 Å². The van der Waals surface area contributed by atoms with Gasteiger partial charge in [-0.2, -0.15) is 5.10 Å². The molecule has 0 fully saturated rings. The van der Waals surface area contributed by atoms with Crippen molar-refractivity contribution in [2.45, 2.75) is 25.6 Å². The fraction of sp³-hybridized carbons (Fsp3) is 0.217. The van der Waals surface area contributed by atoms with Crippen molar-refractivity contribution >= 4 is 38.9 Å². The van der Waals surface area contributed by atoms with E-state index in [0.717, 1.165) is 38.4 Å². The maximum atomic E-state index is 11.5. The average molecular weight is 499 g/mol. The van der Waals surface area contributed by atoms with E-state index >= 15 is 0 Å². The largest absolute Gasteiger partial charge is 0.493 e. The zero-order chi connectivity index (χ0) is 21.5. The van der Waals surface area contributed by atoms with E-state index in [2.05, 4.69) is 33.4 Å². The molecule has 6 nitrogen and oxygen atoms in total. The van der Waals surface area contributed by atoms with Gasteiger partial charge in [0.15, 0.2) is 11.5 Å². The van der Waals surface area contributed by atoms with Crippen molar-refractivity contribution in [2.24, 2.45) is 5.10 Å². The molecule has 3 heterocycles. The number of carbonyl (C=O) groups is 1. The number of nitrogens with zero attached hydrogens (tertiary/aromatic N) is 2. The Morgan fingerprint density at radius 2 is 2.03 bits per heavy atom. The van der Waals surface area contributed by atoms with E-state index in [-0.39, 0.29) is 6.04 Å². The molecule has 0 unspecified atom stereocenters. The van der Waals surface area contributed by atoms with Crippen molar-refractivity contribution in [3.8, 4) is 17.2 Å². The van der Waals surface area contributed by atoms with Crippen LogP contribution in [0, 0.1) is 0 Å². The SMILES string of the molecule is COc1cc([C@H]2Oc3ccccc3[C@H]3CC(c4cccs4)=NN32)c(Br)cc1OC(C)=O. The van der Waals surface area contributed by atoms with Crippen LogP contribution in [0.25, 0.3) is 0 Å². The Bertz CT molecular complexity index is 1180. The molecule has 2 atom stereocenters. The number of hydrogen-bond acceptors (Lipinski definition) is 7. The van der Waals surface area contributed by atoms with Crippen molar-refractivity contribution in [1.82, 2.24) is 5.01 Å². The summed E-state index contributed by atoms with van der Waals surface area (Å²) in [4.78, 5) is 12.6. The lowest BCUT2D eigenvalue weighted by atomic mass is 9.97. The van der Waals surface area contributed by atoms with Crippen LogP contribution in [-0.4, -0.2) is 23.8 Å². The van der Waals surface area contributed by atoms with Crippen LogP contribution in [-0.2, 0) is 4.79 Å². The molecule has 1 aromatic heterocycles. The monoisotopic (exact) mass is 498 g/mol. The predicted molar refractivity (Wildman–Crippen MR) is 122 cm³/mol. The molecule has 3 aromatic rings. The summed E-state index contributed by atoms with van der Waals surface area (Å²) in [7, 11) is 1.54. The minimum Gasteiger partial charge on any atom is -0.493 e. The number of ether oxygens (including phenoxy) is 3. The number of thiophene rings is 1. The molecular formula is C23H19BrN2O4S. The molecule has 0 spiro atoms. The summed E-state index contributed by atoms with van der Waals surface area (Å²) in [5.41, 5.74) is 3.00. The molecule has 158 valence electrons. The lowest BCUT2D eigenvalue weighted by Crippen LogP contribution is -2.34. The van der Waals surface area contributed by atoms with E-state index in [9.17, 15) is 4.79 Å². The Labute approximate surface area is 192 Å². The van der Waals surface area contributed by atoms with E-state index in [0.29, 0.717) is 11.5 Å². The third kappa shape index (κ3) is 3.59. The number of esters is 1. The molecule has 0 amide bonds. The molecule has 31 heavy (non-hydrogen) atoms. The van der Waals surface area contributed by atoms with Gasteiger partial charge in [0.05, 0.1) is 23.7 Å². The van der Waals surface area contributed by atoms with Crippen LogP contribution in [0.4, 0.5) is 0 Å². The molecule has 2 aromatic carbocycles. The van der Waals surface area contributed by atoms with Crippen molar-refractivity contribution < 1.29 is 19.0 Å². The molecule has 0 saturated heterocycles. The first-order chi connectivity index (χ1) is 15.0. The van der Waals surface area contributed by atoms with Crippen molar-refractivity contribution in [2.75, 3.05) is 7.11 Å². The Morgan fingerprint density at radius 3 is 2.77 bits per heavy atom. The van der Waals surface area contributed by atoms with Gasteiger partial charge in [-0.25, -0.2) is 5.01 Å². The van der Waals surface area contributed by atoms with Crippen LogP contribution in [0.3, 0.4) is 0 Å². The van der Waals surface area contributed by atoms with E-state index < -0.39 is 12.2 Å². The number of fused-ring (bicyclic) bond motifs is 3. The minimum absolute atomic E-state index is 0.0677. The first kappa shape index (κ1) is 20.1. The summed E-state index contributed by atoms with van der Waals surface area (Å²) in [6, 6.07) is 15.8. The Kier molecular flexibility index (Phi) is 5.19. The summed E-state index contributed by atoms with van der Waals surface area (Å²) >= 11 is 5.31. The van der Waals surface area contributed by atoms with Gasteiger partial charge in [-0.3, -0.25) is 4.79 Å². The molecule has 8 heteroatoms. The number of rotatable bonds is 4. The third-order valence-electron chi connectivity index (χ3n) is 5.31. The van der Waals surface area contributed by atoms with Crippen LogP contribution >= 0.6 is 27.3 Å². The summed E-state index contributed by atoms with van der Waals surface area (Å²) in [5.74, 6) is 1.23. The summed E-state index contributed by atoms with van der Waals surface area (Å²) in [6.07, 6.45) is 0.338. The summed E-state index contributed by atoms with van der Waals surface area (Å²) in [5, 5.41) is 9.04. The minimum atomic E-state index is -0.466. The number of halogens is 1. The first-order valence-electron chi connectivity index (χ1n) is 9.76. The zero-order valence-electron chi connectivity index (χ0n) is 16.9. The van der Waals surface area contributed by atoms with Gasteiger partial charge in [-0.1, -0.05) is 40.2 Å². The molecule has 0 radical (unpaired) electrons. The van der Waals surface area contributed by atoms with Crippen LogP contribution in [0.1, 0.15) is 41.6 Å². The molecule has 2 aliphatic heterocycles. The summed E-state index contributed by atoms with van der Waals surface area (Å²) < 4.78 is 18.0. The fourth-order valence-electron chi connectivity index (χ4n) is 3.97. The number of hydrazone groups is 1. The quantitative estimate of drug-likeness (QED) is 0.341. The number of carbonyl (C=O) groups excluding carboxylic acids is 1. The van der Waals surface area contributed by atoms with Crippen molar-refractivity contribution in [1.29, 1.82) is 0 Å². The maximum Gasteiger partial charge on any atom is 0.308 e. The van der Waals surface area contributed by atoms with Crippen LogP contribution in [0.15, 0.2) is 63.5 Å². The Balaban J connectivity index is 1.60. The van der Waals surface area contributed by atoms with E-state index in [4.69, 9.17) is 19.3 Å². The number of benzene rings is 2. The zero-order valence-corrected chi connectivity index (χ0v) is 19.3. The second-order valence-electron chi connectivity index (χ2n) is 7.25. The van der Waals surface area contributed by atoms with Gasteiger partial charge in [-0.05, 0) is 29.6 Å². The smallest absolute Gasteiger partial charge is 0.308 e. The highest BCUT2D eigenvalue weighted by Crippen LogP contribution is 2.49. The predicted octanol–water partition coefficient (Wildman–Crippen LogP) is 5.69. The molecule has 0 aliphatic carbocycles. The van der Waals surface area contributed by atoms with Crippen LogP contribution in [0.2, 0.25) is 0 Å². The lowest BCUT2D eigenvalue weighted by molar-refractivity contribution is -0.132. The molecule has 0 saturated carbocycles. The Hall–Kier alpha value is -2.84. The number of para-hydroxylation sites is 1. The van der Waals surface area contributed by atoms with Gasteiger partial charge in [0, 0.05) is 28.9 Å². The summed E-state index contributed by atoms with van der Waals surface area (Å²) in [6.45, 7) is 1.36. The average Bonchev–Trinajstić information content (AvgIpc) is 3.43. The van der Waals surface area contributed by atoms with Crippen molar-refractivity contribution in [3.05, 3.63) is 74.4 Å². The topological polar surface area (TPSA) is 60.4 Å². The Morgan fingerprint density at radius 1 is 1.19 bits per heavy atom. The third-order valence-corrected chi connectivity index (χ3v) is 6.91. The first-order valence-corrected chi connectivity index (χ1v) is 11.4. The second-order valence-corrected chi connectivity index (χ2v) is 9.05. The number of hydrogen-bond donors (Lipinski definition) is 0. The maximum absolute atomic E-state index is 11.5. The molecule has 0 N–H and O–H groups in total. The van der Waals surface area contributed by atoms with Crippen LogP contribution in [0.5, 0.6) is 17.2 Å². The van der Waals surface area contributed by atoms with Gasteiger partial charge in [0.25, 0.3) is 0 Å². The highest BCUT2D eigenvalue weighted by atomic mass is 79.9. The molecular weight excluding hydrogens is 480 g/mol. The molecule has 2 aliphatic rings. The van der Waals surface area contributed by atoms with Gasteiger partial charge in [0.2, 0.25) is 6.23 Å². The van der Waals surface area contributed by atoms with E-state index in [1.807, 2.05) is 35.3 Å². The molecule has 0 bridgehead atoms. The standard InChI is InChI=1S/C23H19BrN2O4S/c1-13(27)29-21-11-16(24)15(10-20(21)28-2)23-26-18(14-6-3-4-7-19(14)30-23)12-17(25-26)22-8-5-9-31-22/h3-11,18,23H,12H2,1-2H3/t18-,23-/m1/s1. The highest BCUT2D eigenvalue weighted by Gasteiger charge is 2.42. The van der Waals surface area contributed by atoms with E-state index in [1.165, 1.54) is 6.92 Å². The number of methoxy groups -OCH3 is 1. The van der Waals surface area contributed by atoms with Gasteiger partial charge in [-0.15, -0.1) is 11.3 Å². The van der Waals surface area contributed by atoms with Crippen LogP contribution < -0.4 is 14.2 Å². The van der Waals surface area contributed by atoms with Crippen molar-refractivity contribution in [3.63, 3.8) is 0 Å². The fourth-order valence-corrected chi connectivity index (χ4v) is 5.20. The second kappa shape index (κ2) is 8.01. The normalized spacial score (nSPS) is 19.2. The highest BCUT2D eigenvalue weighted by molar-refractivity contribution is 9.10.